The second-order valence-corrected chi connectivity index (χ2v) is 9.58. The summed E-state index contributed by atoms with van der Waals surface area (Å²) in [6.07, 6.45) is 5.91. The number of nitrogens with zero attached hydrogens (tertiary/aromatic N) is 2. The van der Waals surface area contributed by atoms with Crippen LogP contribution in [0, 0.1) is 5.92 Å². The van der Waals surface area contributed by atoms with Gasteiger partial charge in [-0.25, -0.2) is 0 Å². The van der Waals surface area contributed by atoms with Crippen LogP contribution in [0.5, 0.6) is 11.5 Å². The number of methoxy groups -OCH3 is 2. The fraction of sp³-hybridized carbons (Fsp3) is 0.462. The zero-order chi connectivity index (χ0) is 24.0. The molecule has 3 heterocycles. The maximum atomic E-state index is 14.0. The molecule has 3 aromatic rings. The van der Waals surface area contributed by atoms with Crippen molar-refractivity contribution in [2.75, 3.05) is 19.1 Å². The van der Waals surface area contributed by atoms with E-state index in [0.717, 1.165) is 24.8 Å². The summed E-state index contributed by atoms with van der Waals surface area (Å²) in [7, 11) is 3.12. The molecule has 0 radical (unpaired) electrons. The van der Waals surface area contributed by atoms with E-state index in [4.69, 9.17) is 13.9 Å². The van der Waals surface area contributed by atoms with Crippen molar-refractivity contribution < 1.29 is 23.5 Å². The van der Waals surface area contributed by atoms with Crippen LogP contribution in [0.4, 0.5) is 5.69 Å². The van der Waals surface area contributed by atoms with Crippen molar-refractivity contribution >= 4 is 28.6 Å². The first-order valence-corrected chi connectivity index (χ1v) is 11.8. The van der Waals surface area contributed by atoms with E-state index in [9.17, 15) is 9.59 Å². The Morgan fingerprint density at radius 3 is 2.68 bits per heavy atom. The normalized spacial score (nSPS) is 24.7. The first kappa shape index (κ1) is 22.4. The number of aromatic nitrogens is 1. The highest BCUT2D eigenvalue weighted by Crippen LogP contribution is 2.42. The average Bonchev–Trinajstić information content (AvgIpc) is 3.43. The van der Waals surface area contributed by atoms with E-state index in [1.807, 2.05) is 17.6 Å². The number of amides is 2. The first-order chi connectivity index (χ1) is 16.4. The van der Waals surface area contributed by atoms with Gasteiger partial charge in [-0.05, 0) is 37.8 Å². The summed E-state index contributed by atoms with van der Waals surface area (Å²) in [5.41, 5.74) is 1.17. The van der Waals surface area contributed by atoms with Crippen molar-refractivity contribution in [3.8, 4) is 11.5 Å². The zero-order valence-electron chi connectivity index (χ0n) is 20.1. The number of ether oxygens (including phenoxy) is 2. The second kappa shape index (κ2) is 8.42. The molecule has 2 aromatic heterocycles. The molecule has 180 valence electrons. The number of rotatable bonds is 5. The number of hydrogen-bond donors (Lipinski definition) is 1. The smallest absolute Gasteiger partial charge is 0.276 e. The molecule has 5 rings (SSSR count). The Morgan fingerprint density at radius 1 is 1.15 bits per heavy atom. The Kier molecular flexibility index (Phi) is 5.54. The number of benzene rings is 1. The van der Waals surface area contributed by atoms with E-state index >= 15 is 0 Å². The third-order valence-electron chi connectivity index (χ3n) is 7.45. The molecule has 34 heavy (non-hydrogen) atoms. The molecule has 1 aromatic carbocycles. The number of anilines is 1. The molecule has 1 aliphatic heterocycles. The number of carbonyl (C=O) groups is 2. The Labute approximate surface area is 198 Å². The van der Waals surface area contributed by atoms with Gasteiger partial charge < -0.3 is 23.8 Å². The van der Waals surface area contributed by atoms with Gasteiger partial charge in [0.15, 0.2) is 5.58 Å². The fourth-order valence-corrected chi connectivity index (χ4v) is 5.42. The summed E-state index contributed by atoms with van der Waals surface area (Å²) < 4.78 is 18.5. The molecule has 0 saturated heterocycles. The summed E-state index contributed by atoms with van der Waals surface area (Å²) >= 11 is 0. The molecule has 8 nitrogen and oxygen atoms in total. The largest absolute Gasteiger partial charge is 0.497 e. The average molecular weight is 466 g/mol. The van der Waals surface area contributed by atoms with Gasteiger partial charge in [0.2, 0.25) is 5.91 Å². The first-order valence-electron chi connectivity index (χ1n) is 11.8. The lowest BCUT2D eigenvalue weighted by Crippen LogP contribution is -2.65. The summed E-state index contributed by atoms with van der Waals surface area (Å²) in [6, 6.07) is 8.92. The van der Waals surface area contributed by atoms with Crippen LogP contribution < -0.4 is 19.7 Å². The van der Waals surface area contributed by atoms with Crippen LogP contribution in [0.25, 0.3) is 11.1 Å². The molecular weight excluding hydrogens is 434 g/mol. The van der Waals surface area contributed by atoms with Crippen LogP contribution in [0.15, 0.2) is 41.0 Å². The minimum Gasteiger partial charge on any atom is -0.497 e. The Hall–Kier alpha value is -3.42. The molecule has 0 spiro atoms. The molecule has 1 aliphatic carbocycles. The SMILES string of the molecule is COc1ccc(OC)c(N2C(=O)c3cc4occc4n3C[C@]2(C)C(=O)N[C@@H]2CCCC[C@@H]2C)c1. The van der Waals surface area contributed by atoms with Gasteiger partial charge in [-0.3, -0.25) is 14.5 Å². The molecule has 1 saturated carbocycles. The molecule has 2 amide bonds. The molecule has 1 N–H and O–H groups in total. The Balaban J connectivity index is 1.64. The van der Waals surface area contributed by atoms with Crippen LogP contribution in [0.3, 0.4) is 0 Å². The minimum absolute atomic E-state index is 0.0854. The van der Waals surface area contributed by atoms with Gasteiger partial charge in [0.25, 0.3) is 5.91 Å². The lowest BCUT2D eigenvalue weighted by molar-refractivity contribution is -0.127. The van der Waals surface area contributed by atoms with Gasteiger partial charge in [-0.2, -0.15) is 0 Å². The lowest BCUT2D eigenvalue weighted by atomic mass is 9.84. The van der Waals surface area contributed by atoms with Crippen LogP contribution in [-0.4, -0.2) is 42.2 Å². The van der Waals surface area contributed by atoms with Crippen molar-refractivity contribution in [2.24, 2.45) is 5.92 Å². The van der Waals surface area contributed by atoms with Gasteiger partial charge in [-0.1, -0.05) is 19.8 Å². The van der Waals surface area contributed by atoms with Gasteiger partial charge in [0.1, 0.15) is 22.7 Å². The van der Waals surface area contributed by atoms with Gasteiger partial charge in [0.05, 0.1) is 38.2 Å². The van der Waals surface area contributed by atoms with E-state index in [0.29, 0.717) is 34.4 Å². The van der Waals surface area contributed by atoms with Crippen LogP contribution >= 0.6 is 0 Å². The Morgan fingerprint density at radius 2 is 1.94 bits per heavy atom. The van der Waals surface area contributed by atoms with E-state index in [2.05, 4.69) is 12.2 Å². The number of nitrogens with one attached hydrogen (secondary N) is 1. The third-order valence-corrected chi connectivity index (χ3v) is 7.45. The van der Waals surface area contributed by atoms with Crippen LogP contribution in [0.2, 0.25) is 0 Å². The maximum Gasteiger partial charge on any atom is 0.276 e. The number of fused-ring (bicyclic) bond motifs is 3. The van der Waals surface area contributed by atoms with Crippen molar-refractivity contribution in [1.29, 1.82) is 0 Å². The van der Waals surface area contributed by atoms with Gasteiger partial charge in [-0.15, -0.1) is 0 Å². The molecular formula is C26H31N3O5. The molecule has 1 fully saturated rings. The lowest BCUT2D eigenvalue weighted by Gasteiger charge is -2.45. The monoisotopic (exact) mass is 465 g/mol. The minimum atomic E-state index is -1.20. The van der Waals surface area contributed by atoms with E-state index in [1.54, 1.807) is 49.6 Å². The summed E-state index contributed by atoms with van der Waals surface area (Å²) in [4.78, 5) is 29.6. The maximum absolute atomic E-state index is 14.0. The predicted octanol–water partition coefficient (Wildman–Crippen LogP) is 4.37. The topological polar surface area (TPSA) is 85.9 Å². The van der Waals surface area contributed by atoms with Crippen molar-refractivity contribution in [3.05, 3.63) is 42.3 Å². The van der Waals surface area contributed by atoms with E-state index in [-0.39, 0.29) is 24.4 Å². The number of carbonyl (C=O) groups excluding carboxylic acids is 2. The standard InChI is InChI=1S/C26H31N3O5/c1-16-7-5-6-8-18(16)27-25(31)26(2)15-28-19-11-12-34-23(19)14-21(28)24(30)29(26)20-13-17(32-3)9-10-22(20)33-4/h9-14,16,18H,5-8,15H2,1-4H3,(H,27,31)/t16-,18+,26+/m0/s1. The summed E-state index contributed by atoms with van der Waals surface area (Å²) in [6.45, 7) is 4.28. The predicted molar refractivity (Wildman–Crippen MR) is 129 cm³/mol. The molecule has 3 atom stereocenters. The highest BCUT2D eigenvalue weighted by atomic mass is 16.5. The van der Waals surface area contributed by atoms with Crippen LogP contribution in [0.1, 0.15) is 50.0 Å². The number of hydrogen-bond acceptors (Lipinski definition) is 5. The van der Waals surface area contributed by atoms with Crippen LogP contribution in [-0.2, 0) is 11.3 Å². The zero-order valence-corrected chi connectivity index (χ0v) is 20.1. The second-order valence-electron chi connectivity index (χ2n) is 9.58. The number of furan rings is 1. The third kappa shape index (κ3) is 3.43. The van der Waals surface area contributed by atoms with E-state index < -0.39 is 5.54 Å². The summed E-state index contributed by atoms with van der Waals surface area (Å²) in [5.74, 6) is 0.979. The quantitative estimate of drug-likeness (QED) is 0.605. The van der Waals surface area contributed by atoms with Gasteiger partial charge >= 0.3 is 0 Å². The van der Waals surface area contributed by atoms with E-state index in [1.165, 1.54) is 6.42 Å². The molecule has 2 aliphatic rings. The van der Waals surface area contributed by atoms with Crippen molar-refractivity contribution in [2.45, 2.75) is 57.7 Å². The highest BCUT2D eigenvalue weighted by Gasteiger charge is 2.50. The van der Waals surface area contributed by atoms with Crippen molar-refractivity contribution in [3.63, 3.8) is 0 Å². The van der Waals surface area contributed by atoms with Gasteiger partial charge in [0, 0.05) is 24.2 Å². The summed E-state index contributed by atoms with van der Waals surface area (Å²) in [5, 5.41) is 3.29. The molecule has 8 heteroatoms. The molecule has 0 unspecified atom stereocenters. The Bertz CT molecular complexity index is 1240. The fourth-order valence-electron chi connectivity index (χ4n) is 5.42. The highest BCUT2D eigenvalue weighted by molar-refractivity contribution is 6.14. The van der Waals surface area contributed by atoms with Crippen molar-refractivity contribution in [1.82, 2.24) is 9.88 Å². The molecule has 0 bridgehead atoms.